The molecule has 0 saturated heterocycles. The maximum atomic E-state index is 11.8. The van der Waals surface area contributed by atoms with Crippen molar-refractivity contribution in [2.75, 3.05) is 5.32 Å². The number of aryl methyl sites for hydroxylation is 1. The third kappa shape index (κ3) is 4.32. The van der Waals surface area contributed by atoms with E-state index in [1.165, 1.54) is 0 Å². The van der Waals surface area contributed by atoms with E-state index in [4.69, 9.17) is 11.6 Å². The van der Waals surface area contributed by atoms with Gasteiger partial charge in [0.15, 0.2) is 0 Å². The average molecular weight is 382 g/mol. The summed E-state index contributed by atoms with van der Waals surface area (Å²) in [7, 11) is 0. The molecule has 0 radical (unpaired) electrons. The number of halogens is 2. The third-order valence-electron chi connectivity index (χ3n) is 3.03. The van der Waals surface area contributed by atoms with E-state index in [0.29, 0.717) is 10.7 Å². The van der Waals surface area contributed by atoms with Crippen molar-refractivity contribution in [1.82, 2.24) is 5.32 Å². The van der Waals surface area contributed by atoms with Crippen LogP contribution in [0.15, 0.2) is 46.9 Å². The SMILES string of the molecule is Cc1ccc(NC(=O)C(=O)NCc2ccccc2Cl)cc1Br. The van der Waals surface area contributed by atoms with Gasteiger partial charge in [-0.15, -0.1) is 0 Å². The molecule has 0 spiro atoms. The van der Waals surface area contributed by atoms with Crippen LogP contribution in [0.4, 0.5) is 5.69 Å². The van der Waals surface area contributed by atoms with E-state index < -0.39 is 11.8 Å². The smallest absolute Gasteiger partial charge is 0.313 e. The molecule has 0 aliphatic rings. The van der Waals surface area contributed by atoms with Crippen LogP contribution < -0.4 is 10.6 Å². The number of nitrogens with one attached hydrogen (secondary N) is 2. The highest BCUT2D eigenvalue weighted by Crippen LogP contribution is 2.20. The van der Waals surface area contributed by atoms with E-state index in [0.717, 1.165) is 15.6 Å². The molecule has 2 amide bonds. The summed E-state index contributed by atoms with van der Waals surface area (Å²) in [6, 6.07) is 12.5. The maximum Gasteiger partial charge on any atom is 0.313 e. The zero-order chi connectivity index (χ0) is 16.1. The summed E-state index contributed by atoms with van der Waals surface area (Å²) < 4.78 is 0.863. The van der Waals surface area contributed by atoms with Crippen LogP contribution in [0, 0.1) is 6.92 Å². The molecule has 2 aromatic carbocycles. The second kappa shape index (κ2) is 7.42. The topological polar surface area (TPSA) is 58.2 Å². The van der Waals surface area contributed by atoms with Crippen LogP contribution in [0.1, 0.15) is 11.1 Å². The van der Waals surface area contributed by atoms with Crippen molar-refractivity contribution in [2.24, 2.45) is 0 Å². The Kier molecular flexibility index (Phi) is 5.57. The molecule has 22 heavy (non-hydrogen) atoms. The Balaban J connectivity index is 1.93. The fourth-order valence-electron chi connectivity index (χ4n) is 1.76. The molecule has 0 heterocycles. The minimum atomic E-state index is -0.720. The van der Waals surface area contributed by atoms with E-state index in [9.17, 15) is 9.59 Å². The van der Waals surface area contributed by atoms with Crippen molar-refractivity contribution < 1.29 is 9.59 Å². The fourth-order valence-corrected chi connectivity index (χ4v) is 2.34. The van der Waals surface area contributed by atoms with Gasteiger partial charge in [0.2, 0.25) is 0 Å². The van der Waals surface area contributed by atoms with Crippen LogP contribution >= 0.6 is 27.5 Å². The van der Waals surface area contributed by atoms with Crippen molar-refractivity contribution in [2.45, 2.75) is 13.5 Å². The van der Waals surface area contributed by atoms with Gasteiger partial charge in [-0.05, 0) is 36.2 Å². The molecule has 2 aromatic rings. The van der Waals surface area contributed by atoms with Crippen LogP contribution in [-0.4, -0.2) is 11.8 Å². The fraction of sp³-hybridized carbons (Fsp3) is 0.125. The molecule has 0 aromatic heterocycles. The monoisotopic (exact) mass is 380 g/mol. The first kappa shape index (κ1) is 16.5. The first-order chi connectivity index (χ1) is 10.5. The Bertz CT molecular complexity index is 719. The Labute approximate surface area is 142 Å². The molecule has 6 heteroatoms. The van der Waals surface area contributed by atoms with E-state index >= 15 is 0 Å². The van der Waals surface area contributed by atoms with Crippen molar-refractivity contribution in [3.05, 3.63) is 63.1 Å². The first-order valence-electron chi connectivity index (χ1n) is 6.56. The largest absolute Gasteiger partial charge is 0.344 e. The predicted molar refractivity (Wildman–Crippen MR) is 90.8 cm³/mol. The second-order valence-corrected chi connectivity index (χ2v) is 5.95. The van der Waals surface area contributed by atoms with Crippen molar-refractivity contribution >= 4 is 45.0 Å². The number of carbonyl (C=O) groups is 2. The Hall–Kier alpha value is -1.85. The molecule has 0 bridgehead atoms. The highest BCUT2D eigenvalue weighted by atomic mass is 79.9. The van der Waals surface area contributed by atoms with Gasteiger partial charge in [0.05, 0.1) is 0 Å². The van der Waals surface area contributed by atoms with Crippen molar-refractivity contribution in [3.8, 4) is 0 Å². The summed E-state index contributed by atoms with van der Waals surface area (Å²) in [5.74, 6) is -1.43. The number of rotatable bonds is 3. The van der Waals surface area contributed by atoms with Crippen LogP contribution in [0.25, 0.3) is 0 Å². The van der Waals surface area contributed by atoms with Gasteiger partial charge in [0.1, 0.15) is 0 Å². The molecule has 0 aliphatic heterocycles. The molecular weight excluding hydrogens is 368 g/mol. The van der Waals surface area contributed by atoms with Crippen molar-refractivity contribution in [3.63, 3.8) is 0 Å². The van der Waals surface area contributed by atoms with Gasteiger partial charge < -0.3 is 10.6 Å². The van der Waals surface area contributed by atoms with Gasteiger partial charge in [-0.25, -0.2) is 0 Å². The third-order valence-corrected chi connectivity index (χ3v) is 4.26. The van der Waals surface area contributed by atoms with Crippen molar-refractivity contribution in [1.29, 1.82) is 0 Å². The van der Waals surface area contributed by atoms with Gasteiger partial charge in [0, 0.05) is 21.7 Å². The molecule has 2 N–H and O–H groups in total. The molecule has 0 unspecified atom stereocenters. The van der Waals surface area contributed by atoms with Gasteiger partial charge in [-0.1, -0.05) is 51.8 Å². The van der Waals surface area contributed by atoms with E-state index in [2.05, 4.69) is 26.6 Å². The lowest BCUT2D eigenvalue weighted by Crippen LogP contribution is -2.35. The predicted octanol–water partition coefficient (Wildman–Crippen LogP) is 3.67. The summed E-state index contributed by atoms with van der Waals surface area (Å²) in [5.41, 5.74) is 2.35. The Morgan fingerprint density at radius 2 is 1.86 bits per heavy atom. The molecule has 4 nitrogen and oxygen atoms in total. The second-order valence-electron chi connectivity index (χ2n) is 4.69. The van der Waals surface area contributed by atoms with Gasteiger partial charge in [0.25, 0.3) is 0 Å². The molecule has 0 atom stereocenters. The molecular formula is C16H14BrClN2O2. The maximum absolute atomic E-state index is 11.8. The lowest BCUT2D eigenvalue weighted by Gasteiger charge is -2.08. The number of amides is 2. The number of hydrogen-bond donors (Lipinski definition) is 2. The zero-order valence-electron chi connectivity index (χ0n) is 11.8. The molecule has 0 aliphatic carbocycles. The van der Waals surface area contributed by atoms with Gasteiger partial charge >= 0.3 is 11.8 Å². The Morgan fingerprint density at radius 1 is 1.14 bits per heavy atom. The van der Waals surface area contributed by atoms with Crippen LogP contribution in [0.3, 0.4) is 0 Å². The van der Waals surface area contributed by atoms with E-state index in [-0.39, 0.29) is 6.54 Å². The summed E-state index contributed by atoms with van der Waals surface area (Å²) >= 11 is 9.37. The lowest BCUT2D eigenvalue weighted by atomic mass is 10.2. The molecule has 2 rings (SSSR count). The number of carbonyl (C=O) groups excluding carboxylic acids is 2. The quantitative estimate of drug-likeness (QED) is 0.797. The van der Waals surface area contributed by atoms with Crippen LogP contribution in [0.5, 0.6) is 0 Å². The van der Waals surface area contributed by atoms with Crippen LogP contribution in [-0.2, 0) is 16.1 Å². The minimum Gasteiger partial charge on any atom is -0.344 e. The Morgan fingerprint density at radius 3 is 2.55 bits per heavy atom. The average Bonchev–Trinajstić information content (AvgIpc) is 2.50. The normalized spacial score (nSPS) is 10.1. The molecule has 0 fully saturated rings. The zero-order valence-corrected chi connectivity index (χ0v) is 14.2. The summed E-state index contributed by atoms with van der Waals surface area (Å²) in [6.07, 6.45) is 0. The summed E-state index contributed by atoms with van der Waals surface area (Å²) in [6.45, 7) is 2.13. The molecule has 114 valence electrons. The first-order valence-corrected chi connectivity index (χ1v) is 7.73. The van der Waals surface area contributed by atoms with E-state index in [1.54, 1.807) is 30.3 Å². The molecule has 0 saturated carbocycles. The minimum absolute atomic E-state index is 0.198. The highest BCUT2D eigenvalue weighted by molar-refractivity contribution is 9.10. The summed E-state index contributed by atoms with van der Waals surface area (Å²) in [5, 5.41) is 5.63. The van der Waals surface area contributed by atoms with Crippen LogP contribution in [0.2, 0.25) is 5.02 Å². The number of hydrogen-bond acceptors (Lipinski definition) is 2. The number of benzene rings is 2. The summed E-state index contributed by atoms with van der Waals surface area (Å²) in [4.78, 5) is 23.6. The van der Waals surface area contributed by atoms with Gasteiger partial charge in [-0.3, -0.25) is 9.59 Å². The van der Waals surface area contributed by atoms with E-state index in [1.807, 2.05) is 19.1 Å². The van der Waals surface area contributed by atoms with Gasteiger partial charge in [-0.2, -0.15) is 0 Å². The highest BCUT2D eigenvalue weighted by Gasteiger charge is 2.14. The number of anilines is 1. The standard InChI is InChI=1S/C16H14BrClN2O2/c1-10-6-7-12(8-13(10)17)20-16(22)15(21)19-9-11-4-2-3-5-14(11)18/h2-8H,9H2,1H3,(H,19,21)(H,20,22). The lowest BCUT2D eigenvalue weighted by molar-refractivity contribution is -0.136.